The molecule has 0 bridgehead atoms. The molecule has 0 amide bonds. The van der Waals surface area contributed by atoms with Gasteiger partial charge in [0, 0.05) is 5.70 Å². The molecule has 1 heteroatoms. The van der Waals surface area contributed by atoms with Gasteiger partial charge in [-0.1, -0.05) is 25.3 Å². The Bertz CT molecular complexity index is 136. The van der Waals surface area contributed by atoms with E-state index in [1.807, 2.05) is 0 Å². The van der Waals surface area contributed by atoms with Gasteiger partial charge in [0.2, 0.25) is 0 Å². The Balaban J connectivity index is 2.09. The molecule has 58 valence electrons. The second-order valence-corrected chi connectivity index (χ2v) is 3.09. The third-order valence-corrected chi connectivity index (χ3v) is 2.23. The maximum absolute atomic E-state index is 5.68. The summed E-state index contributed by atoms with van der Waals surface area (Å²) in [4.78, 5) is 0. The van der Waals surface area contributed by atoms with Crippen molar-refractivity contribution in [2.45, 2.75) is 45.4 Å². The standard InChI is InChI=1S/C9H17N/c1-2-3-4-5-8-6-7-9(8)10/h2-7,10H2,1H3. The number of hydrogen-bond acceptors (Lipinski definition) is 1. The van der Waals surface area contributed by atoms with Gasteiger partial charge in [0.15, 0.2) is 0 Å². The molecule has 0 saturated heterocycles. The van der Waals surface area contributed by atoms with Gasteiger partial charge in [-0.05, 0) is 25.7 Å². The molecule has 1 nitrogen and oxygen atoms in total. The Morgan fingerprint density at radius 2 is 2.10 bits per heavy atom. The number of rotatable bonds is 4. The number of unbranched alkanes of at least 4 members (excludes halogenated alkanes) is 2. The van der Waals surface area contributed by atoms with Crippen LogP contribution in [-0.4, -0.2) is 0 Å². The molecule has 0 aromatic rings. The topological polar surface area (TPSA) is 26.0 Å². The highest BCUT2D eigenvalue weighted by atomic mass is 14.6. The van der Waals surface area contributed by atoms with Crippen molar-refractivity contribution in [1.82, 2.24) is 0 Å². The van der Waals surface area contributed by atoms with Crippen LogP contribution in [-0.2, 0) is 0 Å². The van der Waals surface area contributed by atoms with E-state index in [4.69, 9.17) is 5.73 Å². The Morgan fingerprint density at radius 3 is 2.50 bits per heavy atom. The van der Waals surface area contributed by atoms with E-state index in [0.717, 1.165) is 6.42 Å². The quantitative estimate of drug-likeness (QED) is 0.595. The summed E-state index contributed by atoms with van der Waals surface area (Å²) in [5.41, 5.74) is 8.40. The molecule has 0 aromatic carbocycles. The van der Waals surface area contributed by atoms with Crippen LogP contribution in [0.15, 0.2) is 11.3 Å². The van der Waals surface area contributed by atoms with E-state index in [2.05, 4.69) is 6.92 Å². The fourth-order valence-electron chi connectivity index (χ4n) is 1.32. The van der Waals surface area contributed by atoms with Gasteiger partial charge in [0.05, 0.1) is 0 Å². The van der Waals surface area contributed by atoms with Crippen molar-refractivity contribution in [2.24, 2.45) is 5.73 Å². The number of hydrogen-bond donors (Lipinski definition) is 1. The lowest BCUT2D eigenvalue weighted by atomic mass is 9.90. The van der Waals surface area contributed by atoms with Crippen molar-refractivity contribution < 1.29 is 0 Å². The van der Waals surface area contributed by atoms with Gasteiger partial charge in [-0.15, -0.1) is 0 Å². The normalized spacial score (nSPS) is 17.3. The van der Waals surface area contributed by atoms with Crippen LogP contribution in [0.5, 0.6) is 0 Å². The van der Waals surface area contributed by atoms with Gasteiger partial charge < -0.3 is 5.73 Å². The first-order valence-corrected chi connectivity index (χ1v) is 4.31. The third-order valence-electron chi connectivity index (χ3n) is 2.23. The highest BCUT2D eigenvalue weighted by Crippen LogP contribution is 2.27. The fraction of sp³-hybridized carbons (Fsp3) is 0.778. The maximum atomic E-state index is 5.68. The molecule has 0 unspecified atom stereocenters. The Labute approximate surface area is 63.3 Å². The molecule has 0 radical (unpaired) electrons. The summed E-state index contributed by atoms with van der Waals surface area (Å²) in [6.07, 6.45) is 7.70. The van der Waals surface area contributed by atoms with Gasteiger partial charge in [-0.25, -0.2) is 0 Å². The van der Waals surface area contributed by atoms with Crippen LogP contribution in [0.2, 0.25) is 0 Å². The smallest absolute Gasteiger partial charge is 0.00757 e. The molecule has 0 aliphatic heterocycles. The van der Waals surface area contributed by atoms with Gasteiger partial charge in [-0.3, -0.25) is 0 Å². The predicted molar refractivity (Wildman–Crippen MR) is 44.6 cm³/mol. The second kappa shape index (κ2) is 3.65. The average molecular weight is 139 g/mol. The summed E-state index contributed by atoms with van der Waals surface area (Å²) in [5.74, 6) is 0. The minimum Gasteiger partial charge on any atom is -0.402 e. The van der Waals surface area contributed by atoms with Crippen LogP contribution in [0.25, 0.3) is 0 Å². The largest absolute Gasteiger partial charge is 0.402 e. The lowest BCUT2D eigenvalue weighted by molar-refractivity contribution is 0.650. The lowest BCUT2D eigenvalue weighted by Crippen LogP contribution is -2.11. The Hall–Kier alpha value is -0.460. The van der Waals surface area contributed by atoms with Gasteiger partial charge in [0.1, 0.15) is 0 Å². The molecule has 1 rings (SSSR count). The van der Waals surface area contributed by atoms with Crippen molar-refractivity contribution >= 4 is 0 Å². The SMILES string of the molecule is CCCCCC1=C(N)CC1. The molecule has 1 aliphatic carbocycles. The number of nitrogens with two attached hydrogens (primary N) is 1. The van der Waals surface area contributed by atoms with E-state index in [-0.39, 0.29) is 0 Å². The molecule has 0 aromatic heterocycles. The first-order valence-electron chi connectivity index (χ1n) is 4.31. The molecule has 2 N–H and O–H groups in total. The zero-order chi connectivity index (χ0) is 7.40. The predicted octanol–water partition coefficient (Wildman–Crippen LogP) is 2.57. The van der Waals surface area contributed by atoms with Crippen LogP contribution >= 0.6 is 0 Å². The second-order valence-electron chi connectivity index (χ2n) is 3.09. The van der Waals surface area contributed by atoms with Crippen LogP contribution in [0.4, 0.5) is 0 Å². The third kappa shape index (κ3) is 1.76. The lowest BCUT2D eigenvalue weighted by Gasteiger charge is -2.19. The Kier molecular flexibility index (Phi) is 2.79. The monoisotopic (exact) mass is 139 g/mol. The van der Waals surface area contributed by atoms with Crippen LogP contribution < -0.4 is 5.73 Å². The van der Waals surface area contributed by atoms with Crippen molar-refractivity contribution in [3.63, 3.8) is 0 Å². The highest BCUT2D eigenvalue weighted by Gasteiger charge is 2.12. The fourth-order valence-corrected chi connectivity index (χ4v) is 1.32. The van der Waals surface area contributed by atoms with Crippen LogP contribution in [0.1, 0.15) is 45.4 Å². The summed E-state index contributed by atoms with van der Waals surface area (Å²) >= 11 is 0. The minimum atomic E-state index is 1.15. The van der Waals surface area contributed by atoms with Gasteiger partial charge in [-0.2, -0.15) is 0 Å². The summed E-state index contributed by atoms with van der Waals surface area (Å²) in [6.45, 7) is 2.23. The molecule has 0 fully saturated rings. The van der Waals surface area contributed by atoms with Gasteiger partial charge >= 0.3 is 0 Å². The highest BCUT2D eigenvalue weighted by molar-refractivity contribution is 5.20. The molecular formula is C9H17N. The zero-order valence-electron chi connectivity index (χ0n) is 6.82. The van der Waals surface area contributed by atoms with E-state index in [1.165, 1.54) is 43.4 Å². The molecule has 0 saturated carbocycles. The van der Waals surface area contributed by atoms with Crippen molar-refractivity contribution in [3.8, 4) is 0 Å². The maximum Gasteiger partial charge on any atom is 0.00757 e. The minimum absolute atomic E-state index is 1.15. The Morgan fingerprint density at radius 1 is 1.30 bits per heavy atom. The summed E-state index contributed by atoms with van der Waals surface area (Å²) < 4.78 is 0. The zero-order valence-corrected chi connectivity index (χ0v) is 6.82. The molecule has 10 heavy (non-hydrogen) atoms. The van der Waals surface area contributed by atoms with Crippen molar-refractivity contribution in [3.05, 3.63) is 11.3 Å². The van der Waals surface area contributed by atoms with Crippen LogP contribution in [0, 0.1) is 0 Å². The van der Waals surface area contributed by atoms with Crippen molar-refractivity contribution in [2.75, 3.05) is 0 Å². The molecular weight excluding hydrogens is 122 g/mol. The van der Waals surface area contributed by atoms with Gasteiger partial charge in [0.25, 0.3) is 0 Å². The van der Waals surface area contributed by atoms with E-state index < -0.39 is 0 Å². The molecule has 0 heterocycles. The summed E-state index contributed by atoms with van der Waals surface area (Å²) in [6, 6.07) is 0. The summed E-state index contributed by atoms with van der Waals surface area (Å²) in [5, 5.41) is 0. The number of allylic oxidation sites excluding steroid dienone is 2. The molecule has 1 aliphatic rings. The first kappa shape index (κ1) is 7.64. The average Bonchev–Trinajstić information content (AvgIpc) is 1.95. The summed E-state index contributed by atoms with van der Waals surface area (Å²) in [7, 11) is 0. The van der Waals surface area contributed by atoms with E-state index in [1.54, 1.807) is 0 Å². The molecule has 0 atom stereocenters. The van der Waals surface area contributed by atoms with Crippen LogP contribution in [0.3, 0.4) is 0 Å². The van der Waals surface area contributed by atoms with E-state index >= 15 is 0 Å². The molecule has 0 spiro atoms. The van der Waals surface area contributed by atoms with E-state index in [9.17, 15) is 0 Å². The van der Waals surface area contributed by atoms with Crippen molar-refractivity contribution in [1.29, 1.82) is 0 Å². The first-order chi connectivity index (χ1) is 4.84. The van der Waals surface area contributed by atoms with E-state index in [0.29, 0.717) is 0 Å².